The molecule has 166 valence electrons. The van der Waals surface area contributed by atoms with Crippen LogP contribution in [0.3, 0.4) is 0 Å². The van der Waals surface area contributed by atoms with Gasteiger partial charge in [0.2, 0.25) is 5.95 Å². The van der Waals surface area contributed by atoms with Crippen LogP contribution in [0, 0.1) is 10.1 Å². The highest BCUT2D eigenvalue weighted by Gasteiger charge is 2.31. The third-order valence-electron chi connectivity index (χ3n) is 5.46. The van der Waals surface area contributed by atoms with E-state index < -0.39 is 10.5 Å². The van der Waals surface area contributed by atoms with Crippen molar-refractivity contribution >= 4 is 17.7 Å². The molecule has 3 atom stereocenters. The largest absolute Gasteiger partial charge is 0.444 e. The maximum absolute atomic E-state index is 12.2. The highest BCUT2D eigenvalue weighted by molar-refractivity contribution is 5.68. The van der Waals surface area contributed by atoms with Crippen LogP contribution in [-0.4, -0.2) is 57.8 Å². The van der Waals surface area contributed by atoms with Crippen LogP contribution in [0.25, 0.3) is 0 Å². The molecule has 0 unspecified atom stereocenters. The summed E-state index contributed by atoms with van der Waals surface area (Å²) in [6.07, 6.45) is 8.30. The minimum Gasteiger partial charge on any atom is -0.444 e. The van der Waals surface area contributed by atoms with Gasteiger partial charge in [-0.3, -0.25) is 10.1 Å². The number of rotatable bonds is 5. The molecule has 1 aliphatic carbocycles. The summed E-state index contributed by atoms with van der Waals surface area (Å²) in [5, 5.41) is 17.6. The van der Waals surface area contributed by atoms with E-state index in [0.29, 0.717) is 5.95 Å². The number of hydrogen-bond acceptors (Lipinski definition) is 8. The van der Waals surface area contributed by atoms with E-state index in [2.05, 4.69) is 25.5 Å². The number of anilines is 1. The third-order valence-corrected chi connectivity index (χ3v) is 5.46. The Hall–Kier alpha value is -2.49. The van der Waals surface area contributed by atoms with Crippen molar-refractivity contribution in [3.05, 3.63) is 22.5 Å². The van der Waals surface area contributed by atoms with Gasteiger partial charge < -0.3 is 20.3 Å². The molecule has 0 radical (unpaired) electrons. The minimum atomic E-state index is -0.518. The fraction of sp³-hybridized carbons (Fsp3) is 0.750. The molecule has 3 rings (SSSR count). The summed E-state index contributed by atoms with van der Waals surface area (Å²) < 4.78 is 5.43. The van der Waals surface area contributed by atoms with Crippen molar-refractivity contribution in [2.75, 3.05) is 18.0 Å². The highest BCUT2D eigenvalue weighted by atomic mass is 16.6. The topological polar surface area (TPSA) is 123 Å². The minimum absolute atomic E-state index is 0.0413. The van der Waals surface area contributed by atoms with Gasteiger partial charge in [0.05, 0.1) is 4.92 Å². The van der Waals surface area contributed by atoms with Gasteiger partial charge in [0.25, 0.3) is 0 Å². The average molecular weight is 421 g/mol. The van der Waals surface area contributed by atoms with E-state index in [0.717, 1.165) is 51.6 Å². The van der Waals surface area contributed by atoms with Crippen LogP contribution in [0.4, 0.5) is 16.4 Å². The van der Waals surface area contributed by atoms with Gasteiger partial charge in [0.15, 0.2) is 0 Å². The number of nitrogens with zero attached hydrogens (tertiary/aromatic N) is 4. The van der Waals surface area contributed by atoms with Crippen molar-refractivity contribution in [3.63, 3.8) is 0 Å². The van der Waals surface area contributed by atoms with E-state index in [1.165, 1.54) is 12.4 Å². The van der Waals surface area contributed by atoms with E-state index in [4.69, 9.17) is 4.74 Å². The molecule has 2 N–H and O–H groups in total. The van der Waals surface area contributed by atoms with Gasteiger partial charge in [-0.2, -0.15) is 0 Å². The SMILES string of the molecule is CC(C)(C)OC(=O)N[C@@H]1CCCC[C@H]1N[C@H]1CCCN(c2ncc([N+](=O)[O-])cn2)C1. The smallest absolute Gasteiger partial charge is 0.407 e. The lowest BCUT2D eigenvalue weighted by Gasteiger charge is -2.39. The molecule has 1 aromatic rings. The van der Waals surface area contributed by atoms with Gasteiger partial charge in [-0.1, -0.05) is 12.8 Å². The molecule has 0 aromatic carbocycles. The van der Waals surface area contributed by atoms with Gasteiger partial charge in [-0.15, -0.1) is 0 Å². The maximum Gasteiger partial charge on any atom is 0.407 e. The van der Waals surface area contributed by atoms with E-state index in [-0.39, 0.29) is 29.9 Å². The Bertz CT molecular complexity index is 736. The molecular formula is C20H32N6O4. The number of ether oxygens (including phenoxy) is 1. The van der Waals surface area contributed by atoms with E-state index >= 15 is 0 Å². The number of nitrogens with one attached hydrogen (secondary N) is 2. The van der Waals surface area contributed by atoms with Crippen LogP contribution in [-0.2, 0) is 4.74 Å². The molecular weight excluding hydrogens is 388 g/mol. The second-order valence-electron chi connectivity index (χ2n) is 9.09. The zero-order chi connectivity index (χ0) is 21.7. The van der Waals surface area contributed by atoms with Crippen LogP contribution in [0.15, 0.2) is 12.4 Å². The van der Waals surface area contributed by atoms with Gasteiger partial charge in [-0.05, 0) is 46.5 Å². The summed E-state index contributed by atoms with van der Waals surface area (Å²) in [7, 11) is 0. The van der Waals surface area contributed by atoms with Crippen molar-refractivity contribution in [3.8, 4) is 0 Å². The Balaban J connectivity index is 1.58. The average Bonchev–Trinajstić information content (AvgIpc) is 2.68. The lowest BCUT2D eigenvalue weighted by atomic mass is 9.89. The molecule has 2 heterocycles. The molecule has 1 aliphatic heterocycles. The number of aromatic nitrogens is 2. The molecule has 1 amide bonds. The second kappa shape index (κ2) is 9.55. The maximum atomic E-state index is 12.2. The predicted octanol–water partition coefficient (Wildman–Crippen LogP) is 2.78. The summed E-state index contributed by atoms with van der Waals surface area (Å²) >= 11 is 0. The molecule has 10 nitrogen and oxygen atoms in total. The lowest BCUT2D eigenvalue weighted by molar-refractivity contribution is -0.385. The van der Waals surface area contributed by atoms with Gasteiger partial charge in [0, 0.05) is 31.2 Å². The van der Waals surface area contributed by atoms with Gasteiger partial charge >= 0.3 is 11.8 Å². The van der Waals surface area contributed by atoms with Crippen molar-refractivity contribution in [2.24, 2.45) is 0 Å². The highest BCUT2D eigenvalue weighted by Crippen LogP contribution is 2.23. The standard InChI is InChI=1S/C20H32N6O4/c1-20(2,3)30-19(27)24-17-9-5-4-8-16(17)23-14-7-6-10-25(13-14)18-21-11-15(12-22-18)26(28)29/h11-12,14,16-17,23H,4-10,13H2,1-3H3,(H,24,27)/t14-,16+,17+/m0/s1. The molecule has 1 saturated carbocycles. The molecule has 2 aliphatic rings. The summed E-state index contributed by atoms with van der Waals surface area (Å²) in [4.78, 5) is 32.9. The van der Waals surface area contributed by atoms with Gasteiger partial charge in [0.1, 0.15) is 18.0 Å². The Labute approximate surface area is 176 Å². The number of amides is 1. The predicted molar refractivity (Wildman–Crippen MR) is 112 cm³/mol. The van der Waals surface area contributed by atoms with Crippen LogP contribution >= 0.6 is 0 Å². The molecule has 0 bridgehead atoms. The number of alkyl carbamates (subject to hydrolysis) is 1. The molecule has 1 saturated heterocycles. The van der Waals surface area contributed by atoms with Crippen LogP contribution in [0.1, 0.15) is 59.3 Å². The summed E-state index contributed by atoms with van der Waals surface area (Å²) in [5.74, 6) is 0.513. The first-order valence-corrected chi connectivity index (χ1v) is 10.7. The second-order valence-corrected chi connectivity index (χ2v) is 9.09. The zero-order valence-electron chi connectivity index (χ0n) is 18.0. The third kappa shape index (κ3) is 6.25. The number of carbonyl (C=O) groups is 1. The van der Waals surface area contributed by atoms with Crippen molar-refractivity contribution in [1.82, 2.24) is 20.6 Å². The first-order chi connectivity index (χ1) is 14.2. The molecule has 30 heavy (non-hydrogen) atoms. The van der Waals surface area contributed by atoms with Crippen LogP contribution < -0.4 is 15.5 Å². The monoisotopic (exact) mass is 420 g/mol. The Morgan fingerprint density at radius 1 is 1.17 bits per heavy atom. The van der Waals surface area contributed by atoms with Crippen molar-refractivity contribution in [2.45, 2.75) is 83.0 Å². The fourth-order valence-electron chi connectivity index (χ4n) is 4.13. The van der Waals surface area contributed by atoms with E-state index in [9.17, 15) is 14.9 Å². The van der Waals surface area contributed by atoms with Crippen molar-refractivity contribution in [1.29, 1.82) is 0 Å². The normalized spacial score (nSPS) is 24.9. The molecule has 1 aromatic heterocycles. The van der Waals surface area contributed by atoms with Crippen LogP contribution in [0.2, 0.25) is 0 Å². The van der Waals surface area contributed by atoms with Crippen LogP contribution in [0.5, 0.6) is 0 Å². The first kappa shape index (κ1) is 22.2. The molecule has 2 fully saturated rings. The van der Waals surface area contributed by atoms with E-state index in [1.807, 2.05) is 20.8 Å². The number of piperidine rings is 1. The number of carbonyl (C=O) groups excluding carboxylic acids is 1. The van der Waals surface area contributed by atoms with E-state index in [1.54, 1.807) is 0 Å². The molecule has 0 spiro atoms. The zero-order valence-corrected chi connectivity index (χ0v) is 18.0. The van der Waals surface area contributed by atoms with Crippen molar-refractivity contribution < 1.29 is 14.5 Å². The Morgan fingerprint density at radius 3 is 2.47 bits per heavy atom. The Morgan fingerprint density at radius 2 is 1.83 bits per heavy atom. The quantitative estimate of drug-likeness (QED) is 0.551. The summed E-state index contributed by atoms with van der Waals surface area (Å²) in [5.41, 5.74) is -0.625. The summed E-state index contributed by atoms with van der Waals surface area (Å²) in [6.45, 7) is 7.13. The number of nitro groups is 1. The fourth-order valence-corrected chi connectivity index (χ4v) is 4.13. The first-order valence-electron chi connectivity index (χ1n) is 10.7. The Kier molecular flexibility index (Phi) is 7.06. The lowest BCUT2D eigenvalue weighted by Crippen LogP contribution is -2.57. The number of hydrogen-bond donors (Lipinski definition) is 2. The summed E-state index contributed by atoms with van der Waals surface area (Å²) in [6, 6.07) is 0.470. The van der Waals surface area contributed by atoms with Gasteiger partial charge in [-0.25, -0.2) is 14.8 Å². The molecule has 10 heteroatoms.